The van der Waals surface area contributed by atoms with Gasteiger partial charge in [-0.05, 0) is 0 Å². The zero-order valence-corrected chi connectivity index (χ0v) is 16.2. The van der Waals surface area contributed by atoms with Crippen LogP contribution >= 0.6 is 23.5 Å². The van der Waals surface area contributed by atoms with Crippen LogP contribution in [-0.4, -0.2) is 70.7 Å². The molecule has 12 heteroatoms. The van der Waals surface area contributed by atoms with Crippen molar-refractivity contribution in [1.82, 2.24) is 0 Å². The molecule has 0 aromatic rings. The van der Waals surface area contributed by atoms with Crippen LogP contribution in [0.15, 0.2) is 22.1 Å². The Bertz CT molecular complexity index is 496. The first-order chi connectivity index (χ1) is 12.3. The fraction of sp³-hybridized carbons (Fsp3) is 0.571. The van der Waals surface area contributed by atoms with Crippen molar-refractivity contribution >= 4 is 45.8 Å². The van der Waals surface area contributed by atoms with Crippen molar-refractivity contribution in [2.75, 3.05) is 25.7 Å². The van der Waals surface area contributed by atoms with E-state index in [4.69, 9.17) is 31.2 Å². The summed E-state index contributed by atoms with van der Waals surface area (Å²) in [5, 5.41) is 16.9. The first-order valence-electron chi connectivity index (χ1n) is 7.40. The molecule has 0 saturated carbocycles. The van der Waals surface area contributed by atoms with Crippen LogP contribution in [0.25, 0.3) is 0 Å². The molecule has 2 heterocycles. The average Bonchev–Trinajstić information content (AvgIpc) is 2.61. The summed E-state index contributed by atoms with van der Waals surface area (Å²) < 4.78 is 9.96. The maximum Gasteiger partial charge on any atom is 0.328 e. The quantitative estimate of drug-likeness (QED) is 0.481. The minimum atomic E-state index is -1.26. The first-order valence-corrected chi connectivity index (χ1v) is 9.37. The predicted octanol–water partition coefficient (Wildman–Crippen LogP) is 0.533. The molecule has 0 bridgehead atoms. The minimum Gasteiger partial charge on any atom is -0.478 e. The molecule has 0 radical (unpaired) electrons. The number of carboxylic acids is 2. The summed E-state index contributed by atoms with van der Waals surface area (Å²) in [5.41, 5.74) is 10.9. The summed E-state index contributed by atoms with van der Waals surface area (Å²) >= 11 is 3.17. The van der Waals surface area contributed by atoms with E-state index in [0.29, 0.717) is 22.5 Å². The van der Waals surface area contributed by atoms with Gasteiger partial charge in [0.25, 0.3) is 0 Å². The molecule has 0 fully saturated rings. The maximum absolute atomic E-state index is 9.55. The van der Waals surface area contributed by atoms with E-state index in [-0.39, 0.29) is 12.5 Å². The van der Waals surface area contributed by atoms with Gasteiger partial charge in [-0.3, -0.25) is 0 Å². The van der Waals surface area contributed by atoms with Crippen molar-refractivity contribution in [1.29, 1.82) is 0 Å². The number of carboxylic acid groups (broad SMARTS) is 2. The van der Waals surface area contributed by atoms with Crippen molar-refractivity contribution in [3.8, 4) is 0 Å². The van der Waals surface area contributed by atoms with Gasteiger partial charge in [0.05, 0.1) is 0 Å². The van der Waals surface area contributed by atoms with Gasteiger partial charge in [-0.25, -0.2) is 19.6 Å². The molecule has 26 heavy (non-hydrogen) atoms. The van der Waals surface area contributed by atoms with Gasteiger partial charge >= 0.3 is 11.9 Å². The number of hydrogen-bond donors (Lipinski definition) is 4. The summed E-state index contributed by atoms with van der Waals surface area (Å²) in [7, 11) is 3.30. The Morgan fingerprint density at radius 2 is 1.31 bits per heavy atom. The lowest BCUT2D eigenvalue weighted by atomic mass is 10.4. The van der Waals surface area contributed by atoms with Gasteiger partial charge in [0.2, 0.25) is 0 Å². The Labute approximate surface area is 160 Å². The first kappa shape index (κ1) is 24.2. The highest BCUT2D eigenvalue weighted by Gasteiger charge is 2.12. The fourth-order valence-electron chi connectivity index (χ4n) is 1.50. The third-order valence-corrected chi connectivity index (χ3v) is 4.37. The number of nitrogens with zero attached hydrogens (tertiary/aromatic N) is 2. The molecule has 0 spiro atoms. The van der Waals surface area contributed by atoms with Gasteiger partial charge in [0, 0.05) is 50.7 Å². The molecule has 148 valence electrons. The molecule has 0 saturated heterocycles. The van der Waals surface area contributed by atoms with Crippen molar-refractivity contribution < 1.29 is 29.3 Å². The van der Waals surface area contributed by atoms with Crippen molar-refractivity contribution in [3.05, 3.63) is 12.2 Å². The van der Waals surface area contributed by atoms with Crippen LogP contribution in [-0.2, 0) is 19.1 Å². The molecule has 2 unspecified atom stereocenters. The van der Waals surface area contributed by atoms with Gasteiger partial charge in [-0.2, -0.15) is 0 Å². The molecule has 2 atom stereocenters. The zero-order chi connectivity index (χ0) is 19.9. The van der Waals surface area contributed by atoms with Crippen LogP contribution in [0, 0.1) is 0 Å². The standard InChI is InChI=1S/2C5H10N2OS.C4H4O4/c2*1-8-4-2-3-9-5(6)7-4;5-3(6)1-2-4(7)8/h2*4H,2-3H2,1H3,(H2,6,7);1-2H,(H,5,6)(H,7,8). The number of hydrogen-bond acceptors (Lipinski definition) is 10. The predicted molar refractivity (Wildman–Crippen MR) is 103 cm³/mol. The van der Waals surface area contributed by atoms with Crippen molar-refractivity contribution in [2.45, 2.75) is 25.3 Å². The summed E-state index contributed by atoms with van der Waals surface area (Å²) in [6, 6.07) is 0. The summed E-state index contributed by atoms with van der Waals surface area (Å²) in [6.07, 6.45) is 3.08. The highest BCUT2D eigenvalue weighted by molar-refractivity contribution is 8.14. The average molecular weight is 409 g/mol. The third-order valence-electron chi connectivity index (χ3n) is 2.68. The number of thioether (sulfide) groups is 2. The molecular weight excluding hydrogens is 384 g/mol. The van der Waals surface area contributed by atoms with E-state index in [2.05, 4.69) is 9.98 Å². The molecule has 6 N–H and O–H groups in total. The zero-order valence-electron chi connectivity index (χ0n) is 14.5. The molecule has 2 rings (SSSR count). The fourth-order valence-corrected chi connectivity index (χ4v) is 2.94. The third kappa shape index (κ3) is 13.5. The van der Waals surface area contributed by atoms with E-state index in [1.807, 2.05) is 0 Å². The second-order valence-electron chi connectivity index (χ2n) is 4.60. The molecule has 0 aromatic carbocycles. The van der Waals surface area contributed by atoms with E-state index in [0.717, 1.165) is 24.3 Å². The number of methoxy groups -OCH3 is 2. The van der Waals surface area contributed by atoms with Crippen LogP contribution in [0.2, 0.25) is 0 Å². The van der Waals surface area contributed by atoms with E-state index < -0.39 is 11.9 Å². The second kappa shape index (κ2) is 14.4. The summed E-state index contributed by atoms with van der Waals surface area (Å²) in [5.74, 6) is -0.471. The highest BCUT2D eigenvalue weighted by atomic mass is 32.2. The van der Waals surface area contributed by atoms with Crippen LogP contribution in [0.5, 0.6) is 0 Å². The SMILES string of the molecule is COC1CCSC(N)=N1.COC1CCSC(N)=N1.O=C(O)C=CC(=O)O. The number of amidine groups is 2. The van der Waals surface area contributed by atoms with Gasteiger partial charge in [0.1, 0.15) is 0 Å². The Morgan fingerprint density at radius 1 is 0.962 bits per heavy atom. The highest BCUT2D eigenvalue weighted by Crippen LogP contribution is 2.15. The van der Waals surface area contributed by atoms with Gasteiger partial charge in [0.15, 0.2) is 22.8 Å². The summed E-state index contributed by atoms with van der Waals surface area (Å²) in [4.78, 5) is 27.2. The number of ether oxygens (including phenoxy) is 2. The number of rotatable bonds is 4. The Morgan fingerprint density at radius 3 is 1.50 bits per heavy atom. The molecular formula is C14H24N4O6S2. The Kier molecular flexibility index (Phi) is 13.4. The van der Waals surface area contributed by atoms with Gasteiger partial charge in [-0.1, -0.05) is 23.5 Å². The van der Waals surface area contributed by atoms with E-state index in [1.165, 1.54) is 0 Å². The van der Waals surface area contributed by atoms with Gasteiger partial charge in [-0.15, -0.1) is 0 Å². The molecule has 2 aliphatic rings. The molecule has 0 amide bonds. The normalized spacial score (nSPS) is 22.1. The van der Waals surface area contributed by atoms with Crippen LogP contribution in [0.4, 0.5) is 0 Å². The topological polar surface area (TPSA) is 170 Å². The van der Waals surface area contributed by atoms with Crippen molar-refractivity contribution in [3.63, 3.8) is 0 Å². The van der Waals surface area contributed by atoms with E-state index in [9.17, 15) is 9.59 Å². The van der Waals surface area contributed by atoms with E-state index >= 15 is 0 Å². The molecule has 0 aliphatic carbocycles. The number of aliphatic carboxylic acids is 2. The monoisotopic (exact) mass is 408 g/mol. The van der Waals surface area contributed by atoms with Gasteiger partial charge < -0.3 is 31.2 Å². The Balaban J connectivity index is 0.000000362. The smallest absolute Gasteiger partial charge is 0.328 e. The molecule has 0 aromatic heterocycles. The van der Waals surface area contributed by atoms with Crippen LogP contribution in [0.1, 0.15) is 12.8 Å². The van der Waals surface area contributed by atoms with Crippen molar-refractivity contribution in [2.24, 2.45) is 21.5 Å². The second-order valence-corrected chi connectivity index (χ2v) is 6.83. The minimum absolute atomic E-state index is 0.00579. The number of aliphatic imine (C=N–C) groups is 2. The largest absolute Gasteiger partial charge is 0.478 e. The van der Waals surface area contributed by atoms with Crippen LogP contribution in [0.3, 0.4) is 0 Å². The maximum atomic E-state index is 9.55. The number of carbonyl (C=O) groups is 2. The van der Waals surface area contributed by atoms with E-state index in [1.54, 1.807) is 37.7 Å². The van der Waals surface area contributed by atoms with Crippen LogP contribution < -0.4 is 11.5 Å². The number of nitrogens with two attached hydrogens (primary N) is 2. The molecule has 10 nitrogen and oxygen atoms in total. The lowest BCUT2D eigenvalue weighted by Gasteiger charge is -2.15. The summed E-state index contributed by atoms with van der Waals surface area (Å²) in [6.45, 7) is 0. The lowest BCUT2D eigenvalue weighted by Crippen LogP contribution is -2.21. The lowest BCUT2D eigenvalue weighted by molar-refractivity contribution is -0.134. The molecule has 2 aliphatic heterocycles. The Hall–Kier alpha value is -1.76.